The number of hydrogen-bond donors (Lipinski definition) is 0. The van der Waals surface area contributed by atoms with Crippen molar-refractivity contribution in [1.29, 1.82) is 0 Å². The van der Waals surface area contributed by atoms with Crippen molar-refractivity contribution in [2.45, 2.75) is 90.9 Å². The Balaban J connectivity index is 1.56. The first-order valence-electron chi connectivity index (χ1n) is 10.2. The largest absolute Gasteiger partial charge is 0.0651 e. The Morgan fingerprint density at radius 3 is 2.67 bits per heavy atom. The van der Waals surface area contributed by atoms with Gasteiger partial charge in [-0.3, -0.25) is 0 Å². The van der Waals surface area contributed by atoms with Gasteiger partial charge in [0.15, 0.2) is 0 Å². The molecule has 21 heavy (non-hydrogen) atoms. The summed E-state index contributed by atoms with van der Waals surface area (Å²) in [5, 5.41) is 0. The van der Waals surface area contributed by atoms with Crippen LogP contribution in [0.5, 0.6) is 0 Å². The topological polar surface area (TPSA) is 0 Å². The lowest BCUT2D eigenvalue weighted by Crippen LogP contribution is -2.71. The van der Waals surface area contributed by atoms with E-state index in [2.05, 4.69) is 13.8 Å². The maximum Gasteiger partial charge on any atom is -0.0204 e. The zero-order chi connectivity index (χ0) is 14.3. The monoisotopic (exact) mass is 286 g/mol. The molecule has 0 N–H and O–H groups in total. The molecule has 0 radical (unpaired) electrons. The van der Waals surface area contributed by atoms with E-state index in [9.17, 15) is 0 Å². The molecule has 118 valence electrons. The summed E-state index contributed by atoms with van der Waals surface area (Å²) >= 11 is 0. The van der Waals surface area contributed by atoms with E-state index >= 15 is 0 Å². The zero-order valence-electron chi connectivity index (χ0n) is 14.3. The van der Waals surface area contributed by atoms with Crippen LogP contribution >= 0.6 is 0 Å². The Kier molecular flexibility index (Phi) is 2.62. The second-order valence-corrected chi connectivity index (χ2v) is 9.99. The smallest absolute Gasteiger partial charge is 0.0204 e. The van der Waals surface area contributed by atoms with Crippen LogP contribution in [0.15, 0.2) is 0 Å². The molecule has 0 aromatic rings. The van der Waals surface area contributed by atoms with Gasteiger partial charge in [0.05, 0.1) is 0 Å². The van der Waals surface area contributed by atoms with Crippen LogP contribution in [0.3, 0.4) is 0 Å². The van der Waals surface area contributed by atoms with E-state index in [-0.39, 0.29) is 0 Å². The van der Waals surface area contributed by atoms with E-state index in [4.69, 9.17) is 0 Å². The molecule has 6 unspecified atom stereocenters. The van der Waals surface area contributed by atoms with Gasteiger partial charge < -0.3 is 0 Å². The van der Waals surface area contributed by atoms with E-state index in [0.29, 0.717) is 0 Å². The van der Waals surface area contributed by atoms with Crippen LogP contribution in [-0.4, -0.2) is 0 Å². The summed E-state index contributed by atoms with van der Waals surface area (Å²) in [6.07, 6.45) is 19.0. The van der Waals surface area contributed by atoms with Crippen molar-refractivity contribution >= 4 is 0 Å². The quantitative estimate of drug-likeness (QED) is 0.538. The van der Waals surface area contributed by atoms with Crippen molar-refractivity contribution in [3.63, 3.8) is 0 Å². The van der Waals surface area contributed by atoms with Gasteiger partial charge in [-0.2, -0.15) is 0 Å². The molecule has 0 aromatic carbocycles. The van der Waals surface area contributed by atoms with Gasteiger partial charge in [-0.15, -0.1) is 0 Å². The third-order valence-corrected chi connectivity index (χ3v) is 9.93. The third-order valence-electron chi connectivity index (χ3n) is 9.93. The second-order valence-electron chi connectivity index (χ2n) is 9.99. The van der Waals surface area contributed by atoms with E-state index in [1.165, 1.54) is 6.42 Å². The SMILES string of the molecule is CC[C@H]1CC2C3(CCC4(C)CCCC24C3)C2CCCCC21. The number of rotatable bonds is 1. The fourth-order valence-corrected chi connectivity index (χ4v) is 9.06. The molecule has 0 heteroatoms. The van der Waals surface area contributed by atoms with E-state index < -0.39 is 0 Å². The normalized spacial score (nSPS) is 61.4. The molecule has 5 aliphatic carbocycles. The van der Waals surface area contributed by atoms with Gasteiger partial charge in [0.2, 0.25) is 0 Å². The Morgan fingerprint density at radius 2 is 1.81 bits per heavy atom. The molecule has 1 spiro atoms. The fraction of sp³-hybridized carbons (Fsp3) is 1.00. The van der Waals surface area contributed by atoms with E-state index in [1.807, 2.05) is 0 Å². The van der Waals surface area contributed by atoms with Crippen LogP contribution in [0.1, 0.15) is 90.9 Å². The van der Waals surface area contributed by atoms with Gasteiger partial charge in [0.25, 0.3) is 0 Å². The Morgan fingerprint density at radius 1 is 0.952 bits per heavy atom. The summed E-state index contributed by atoms with van der Waals surface area (Å²) in [4.78, 5) is 0. The molecular formula is C21H34. The summed E-state index contributed by atoms with van der Waals surface area (Å²) in [6, 6.07) is 0. The lowest BCUT2D eigenvalue weighted by Gasteiger charge is -2.78. The average molecular weight is 287 g/mol. The minimum Gasteiger partial charge on any atom is -0.0651 e. The molecule has 0 aromatic heterocycles. The second kappa shape index (κ2) is 4.09. The van der Waals surface area contributed by atoms with Crippen LogP contribution in [0.2, 0.25) is 0 Å². The van der Waals surface area contributed by atoms with Crippen molar-refractivity contribution in [2.24, 2.45) is 39.9 Å². The Bertz CT molecular complexity index is 453. The summed E-state index contributed by atoms with van der Waals surface area (Å²) < 4.78 is 0. The minimum absolute atomic E-state index is 0.749. The summed E-state index contributed by atoms with van der Waals surface area (Å²) in [5.74, 6) is 4.51. The highest BCUT2D eigenvalue weighted by Crippen LogP contribution is 2.84. The molecule has 0 nitrogen and oxygen atoms in total. The van der Waals surface area contributed by atoms with Crippen LogP contribution < -0.4 is 0 Å². The van der Waals surface area contributed by atoms with Gasteiger partial charge in [-0.1, -0.05) is 39.5 Å². The van der Waals surface area contributed by atoms with Gasteiger partial charge >= 0.3 is 0 Å². The van der Waals surface area contributed by atoms with Gasteiger partial charge in [0.1, 0.15) is 0 Å². The molecule has 5 fully saturated rings. The van der Waals surface area contributed by atoms with Crippen molar-refractivity contribution in [1.82, 2.24) is 0 Å². The maximum absolute atomic E-state index is 2.69. The van der Waals surface area contributed by atoms with E-state index in [0.717, 1.165) is 39.9 Å². The van der Waals surface area contributed by atoms with Crippen LogP contribution in [0.25, 0.3) is 0 Å². The highest BCUT2D eigenvalue weighted by Gasteiger charge is 2.76. The minimum atomic E-state index is 0.749. The molecule has 0 amide bonds. The fourth-order valence-electron chi connectivity index (χ4n) is 9.06. The average Bonchev–Trinajstić information content (AvgIpc) is 2.87. The first-order chi connectivity index (χ1) is 10.2. The van der Waals surface area contributed by atoms with Crippen LogP contribution in [0.4, 0.5) is 0 Å². The molecule has 7 atom stereocenters. The highest BCUT2D eigenvalue weighted by molar-refractivity contribution is 5.25. The summed E-state index contributed by atoms with van der Waals surface area (Å²) in [7, 11) is 0. The number of hydrogen-bond acceptors (Lipinski definition) is 0. The Labute approximate surface area is 131 Å². The third kappa shape index (κ3) is 1.36. The Hall–Kier alpha value is 0. The predicted molar refractivity (Wildman–Crippen MR) is 88.0 cm³/mol. The molecule has 5 rings (SSSR count). The first kappa shape index (κ1) is 13.4. The van der Waals surface area contributed by atoms with Gasteiger partial charge in [-0.05, 0) is 91.3 Å². The van der Waals surface area contributed by atoms with E-state index in [1.54, 1.807) is 70.6 Å². The predicted octanol–water partition coefficient (Wildman–Crippen LogP) is 6.20. The zero-order valence-corrected chi connectivity index (χ0v) is 14.3. The van der Waals surface area contributed by atoms with Gasteiger partial charge in [-0.25, -0.2) is 0 Å². The van der Waals surface area contributed by atoms with Crippen molar-refractivity contribution < 1.29 is 0 Å². The molecular weight excluding hydrogens is 252 g/mol. The van der Waals surface area contributed by atoms with Crippen molar-refractivity contribution in [2.75, 3.05) is 0 Å². The molecule has 2 bridgehead atoms. The molecule has 5 saturated carbocycles. The molecule has 0 aliphatic heterocycles. The lowest BCUT2D eigenvalue weighted by molar-refractivity contribution is -0.295. The maximum atomic E-state index is 2.69. The molecule has 5 aliphatic rings. The number of fused-ring (bicyclic) bond motifs is 1. The highest BCUT2D eigenvalue weighted by atomic mass is 14.8. The standard InChI is InChI=1S/C21H34/c1-3-15-13-18-20(17-8-5-4-7-16(15)17)12-11-19(2)9-6-10-21(18,19)14-20/h15-18H,3-14H2,1-2H3/t15-,16?,17?,18?,19?,20?,21?/m0/s1. The van der Waals surface area contributed by atoms with Crippen molar-refractivity contribution in [3.05, 3.63) is 0 Å². The molecule has 0 heterocycles. The lowest BCUT2D eigenvalue weighted by atomic mass is 9.26. The molecule has 0 saturated heterocycles. The van der Waals surface area contributed by atoms with Crippen LogP contribution in [0, 0.1) is 39.9 Å². The van der Waals surface area contributed by atoms with Crippen molar-refractivity contribution in [3.8, 4) is 0 Å². The van der Waals surface area contributed by atoms with Crippen LogP contribution in [-0.2, 0) is 0 Å². The van der Waals surface area contributed by atoms with Gasteiger partial charge in [0, 0.05) is 0 Å². The summed E-state index contributed by atoms with van der Waals surface area (Å²) in [6.45, 7) is 5.19. The first-order valence-corrected chi connectivity index (χ1v) is 10.2. The summed E-state index contributed by atoms with van der Waals surface area (Å²) in [5.41, 5.74) is 2.42.